The molecule has 4 heterocycles. The molecule has 0 aromatic carbocycles. The second-order valence-corrected chi connectivity index (χ2v) is 7.87. The van der Waals surface area contributed by atoms with Crippen molar-refractivity contribution in [3.8, 4) is 0 Å². The Kier molecular flexibility index (Phi) is 5.66. The molecule has 26 heavy (non-hydrogen) atoms. The maximum Gasteiger partial charge on any atom is 0.225 e. The number of rotatable bonds is 6. The van der Waals surface area contributed by atoms with E-state index in [1.807, 2.05) is 0 Å². The molecule has 144 valence electrons. The molecule has 3 aliphatic rings. The zero-order chi connectivity index (χ0) is 17.8. The van der Waals surface area contributed by atoms with Gasteiger partial charge < -0.3 is 19.1 Å². The Hall–Kier alpha value is -1.31. The highest BCUT2D eigenvalue weighted by Gasteiger charge is 2.48. The van der Waals surface area contributed by atoms with Gasteiger partial charge in [0, 0.05) is 33.0 Å². The van der Waals surface area contributed by atoms with Gasteiger partial charge in [-0.3, -0.25) is 0 Å². The van der Waals surface area contributed by atoms with E-state index in [1.54, 1.807) is 0 Å². The second kappa shape index (κ2) is 8.15. The molecule has 1 spiro atoms. The van der Waals surface area contributed by atoms with Gasteiger partial charge in [-0.25, -0.2) is 14.4 Å². The van der Waals surface area contributed by atoms with Gasteiger partial charge in [0.1, 0.15) is 5.60 Å². The van der Waals surface area contributed by atoms with Crippen molar-refractivity contribution in [2.24, 2.45) is 11.8 Å². The molecule has 1 aromatic rings. The van der Waals surface area contributed by atoms with Crippen LogP contribution in [0.5, 0.6) is 0 Å². The lowest BCUT2D eigenvalue weighted by Gasteiger charge is -2.53. The molecule has 0 N–H and O–H groups in total. The first-order chi connectivity index (χ1) is 12.7. The summed E-state index contributed by atoms with van der Waals surface area (Å²) in [4.78, 5) is 10.2. The maximum atomic E-state index is 13.0. The van der Waals surface area contributed by atoms with Gasteiger partial charge in [0.2, 0.25) is 5.95 Å². The highest BCUT2D eigenvalue weighted by molar-refractivity contribution is 5.37. The molecule has 6 nitrogen and oxygen atoms in total. The second-order valence-electron chi connectivity index (χ2n) is 7.87. The van der Waals surface area contributed by atoms with E-state index in [-0.39, 0.29) is 5.60 Å². The van der Waals surface area contributed by atoms with Crippen molar-refractivity contribution in [2.45, 2.75) is 37.7 Å². The quantitative estimate of drug-likeness (QED) is 0.722. The summed E-state index contributed by atoms with van der Waals surface area (Å²) in [5.41, 5.74) is -0.0820. The Morgan fingerprint density at radius 1 is 1.12 bits per heavy atom. The Morgan fingerprint density at radius 3 is 2.62 bits per heavy atom. The molecule has 7 heteroatoms. The fraction of sp³-hybridized carbons (Fsp3) is 0.789. The first-order valence-corrected chi connectivity index (χ1v) is 9.74. The maximum absolute atomic E-state index is 13.0. The van der Waals surface area contributed by atoms with Gasteiger partial charge in [-0.15, -0.1) is 0 Å². The Bertz CT molecular complexity index is 574. The zero-order valence-electron chi connectivity index (χ0n) is 15.2. The average Bonchev–Trinajstić information content (AvgIpc) is 2.65. The molecular formula is C19H28FN3O3. The first kappa shape index (κ1) is 18.1. The number of aromatic nitrogens is 2. The number of anilines is 1. The molecule has 0 aliphatic carbocycles. The lowest BCUT2D eigenvalue weighted by atomic mass is 9.79. The smallest absolute Gasteiger partial charge is 0.225 e. The van der Waals surface area contributed by atoms with Gasteiger partial charge in [0.25, 0.3) is 0 Å². The molecule has 3 aliphatic heterocycles. The highest BCUT2D eigenvalue weighted by atomic mass is 19.1. The zero-order valence-corrected chi connectivity index (χ0v) is 15.2. The lowest BCUT2D eigenvalue weighted by molar-refractivity contribution is -0.117. The van der Waals surface area contributed by atoms with E-state index < -0.39 is 5.82 Å². The van der Waals surface area contributed by atoms with Crippen LogP contribution in [-0.2, 0) is 14.2 Å². The van der Waals surface area contributed by atoms with Crippen molar-refractivity contribution in [1.82, 2.24) is 9.97 Å². The molecule has 1 unspecified atom stereocenters. The van der Waals surface area contributed by atoms with Crippen LogP contribution in [0.2, 0.25) is 0 Å². The number of ether oxygens (including phenoxy) is 3. The van der Waals surface area contributed by atoms with E-state index >= 15 is 0 Å². The topological polar surface area (TPSA) is 56.7 Å². The van der Waals surface area contributed by atoms with Crippen LogP contribution in [0.15, 0.2) is 12.4 Å². The van der Waals surface area contributed by atoms with Gasteiger partial charge >= 0.3 is 0 Å². The van der Waals surface area contributed by atoms with Gasteiger partial charge in [-0.05, 0) is 43.9 Å². The summed E-state index contributed by atoms with van der Waals surface area (Å²) in [6, 6.07) is 0. The summed E-state index contributed by atoms with van der Waals surface area (Å²) in [5.74, 6) is 1.50. The van der Waals surface area contributed by atoms with Crippen molar-refractivity contribution >= 4 is 5.95 Å². The molecule has 3 saturated heterocycles. The van der Waals surface area contributed by atoms with Crippen LogP contribution in [-0.4, -0.2) is 61.7 Å². The standard InChI is InChI=1S/C19H28FN3O3/c20-17-10-21-18(22-11-17)23-13-19(14-23)9-15(4-8-26-19)1-7-25-12-16-2-5-24-6-3-16/h10-11,15-16H,1-9,12-14H2. The normalized spacial score (nSPS) is 26.0. The van der Waals surface area contributed by atoms with Gasteiger partial charge in [0.15, 0.2) is 5.82 Å². The van der Waals surface area contributed by atoms with Crippen LogP contribution in [0.3, 0.4) is 0 Å². The van der Waals surface area contributed by atoms with Crippen LogP contribution in [0.1, 0.15) is 32.1 Å². The summed E-state index contributed by atoms with van der Waals surface area (Å²) < 4.78 is 30.4. The van der Waals surface area contributed by atoms with Crippen molar-refractivity contribution in [3.63, 3.8) is 0 Å². The minimum Gasteiger partial charge on any atom is -0.381 e. The fourth-order valence-corrected chi connectivity index (χ4v) is 4.27. The Labute approximate surface area is 154 Å². The predicted octanol–water partition coefficient (Wildman–Crippen LogP) is 2.43. The van der Waals surface area contributed by atoms with Gasteiger partial charge in [-0.2, -0.15) is 0 Å². The van der Waals surface area contributed by atoms with Crippen LogP contribution in [0, 0.1) is 17.7 Å². The van der Waals surface area contributed by atoms with Crippen molar-refractivity contribution < 1.29 is 18.6 Å². The summed E-state index contributed by atoms with van der Waals surface area (Å²) in [6.07, 6.45) is 7.95. The molecule has 1 atom stereocenters. The fourth-order valence-electron chi connectivity index (χ4n) is 4.27. The monoisotopic (exact) mass is 365 g/mol. The molecule has 0 amide bonds. The number of nitrogens with zero attached hydrogens (tertiary/aromatic N) is 3. The summed E-state index contributed by atoms with van der Waals surface area (Å²) >= 11 is 0. The van der Waals surface area contributed by atoms with Crippen LogP contribution < -0.4 is 4.90 Å². The summed E-state index contributed by atoms with van der Waals surface area (Å²) in [6.45, 7) is 5.85. The van der Waals surface area contributed by atoms with Crippen LogP contribution in [0.4, 0.5) is 10.3 Å². The summed E-state index contributed by atoms with van der Waals surface area (Å²) in [7, 11) is 0. The third kappa shape index (κ3) is 4.32. The number of halogens is 1. The summed E-state index contributed by atoms with van der Waals surface area (Å²) in [5, 5.41) is 0. The van der Waals surface area contributed by atoms with E-state index in [0.717, 1.165) is 78.2 Å². The lowest BCUT2D eigenvalue weighted by Crippen LogP contribution is -2.66. The Balaban J connectivity index is 1.18. The molecular weight excluding hydrogens is 337 g/mol. The Morgan fingerprint density at radius 2 is 1.85 bits per heavy atom. The molecule has 4 rings (SSSR count). The predicted molar refractivity (Wildman–Crippen MR) is 94.6 cm³/mol. The minimum absolute atomic E-state index is 0.0820. The van der Waals surface area contributed by atoms with E-state index in [9.17, 15) is 4.39 Å². The van der Waals surface area contributed by atoms with Crippen molar-refractivity contribution in [1.29, 1.82) is 0 Å². The van der Waals surface area contributed by atoms with Crippen molar-refractivity contribution in [3.05, 3.63) is 18.2 Å². The molecule has 0 radical (unpaired) electrons. The van der Waals surface area contributed by atoms with E-state index in [0.29, 0.717) is 17.8 Å². The number of hydrogen-bond donors (Lipinski definition) is 0. The molecule has 0 bridgehead atoms. The van der Waals surface area contributed by atoms with Crippen molar-refractivity contribution in [2.75, 3.05) is 51.0 Å². The van der Waals surface area contributed by atoms with E-state index in [2.05, 4.69) is 14.9 Å². The van der Waals surface area contributed by atoms with E-state index in [1.165, 1.54) is 12.4 Å². The minimum atomic E-state index is -0.404. The highest BCUT2D eigenvalue weighted by Crippen LogP contribution is 2.39. The molecule has 0 saturated carbocycles. The largest absolute Gasteiger partial charge is 0.381 e. The van der Waals surface area contributed by atoms with Gasteiger partial charge in [0.05, 0.1) is 25.5 Å². The number of hydrogen-bond acceptors (Lipinski definition) is 6. The third-order valence-electron chi connectivity index (χ3n) is 5.81. The van der Waals surface area contributed by atoms with E-state index in [4.69, 9.17) is 14.2 Å². The first-order valence-electron chi connectivity index (χ1n) is 9.74. The van der Waals surface area contributed by atoms with Crippen LogP contribution >= 0.6 is 0 Å². The molecule has 3 fully saturated rings. The third-order valence-corrected chi connectivity index (χ3v) is 5.81. The molecule has 1 aromatic heterocycles. The van der Waals surface area contributed by atoms with Gasteiger partial charge in [-0.1, -0.05) is 0 Å². The van der Waals surface area contributed by atoms with Crippen LogP contribution in [0.25, 0.3) is 0 Å². The SMILES string of the molecule is Fc1cnc(N2CC3(CC(CCOCC4CCOCC4)CCO3)C2)nc1. The average molecular weight is 365 g/mol.